The number of hydrogen-bond acceptors (Lipinski definition) is 3. The Morgan fingerprint density at radius 2 is 2.16 bits per heavy atom. The third-order valence-corrected chi connectivity index (χ3v) is 3.26. The van der Waals surface area contributed by atoms with Gasteiger partial charge in [-0.05, 0) is 24.6 Å². The first-order valence-corrected chi connectivity index (χ1v) is 7.01. The zero-order chi connectivity index (χ0) is 13.7. The Hall–Kier alpha value is -1.39. The molecule has 0 fully saturated rings. The average molecular weight is 279 g/mol. The highest BCUT2D eigenvalue weighted by Crippen LogP contribution is 2.18. The SMILES string of the molecule is CCCc1nccn1-c1cc(CNCC)c(Cl)cn1. The van der Waals surface area contributed by atoms with E-state index in [1.807, 2.05) is 23.0 Å². The van der Waals surface area contributed by atoms with E-state index in [9.17, 15) is 0 Å². The fourth-order valence-electron chi connectivity index (χ4n) is 1.95. The molecule has 0 saturated carbocycles. The molecule has 0 aromatic carbocycles. The largest absolute Gasteiger partial charge is 0.313 e. The highest BCUT2D eigenvalue weighted by molar-refractivity contribution is 6.31. The van der Waals surface area contributed by atoms with E-state index < -0.39 is 0 Å². The molecule has 0 saturated heterocycles. The number of halogens is 1. The Morgan fingerprint density at radius 3 is 2.89 bits per heavy atom. The minimum atomic E-state index is 0.696. The van der Waals surface area contributed by atoms with Crippen molar-refractivity contribution in [2.75, 3.05) is 6.54 Å². The van der Waals surface area contributed by atoms with Crippen molar-refractivity contribution in [3.05, 3.63) is 41.1 Å². The van der Waals surface area contributed by atoms with E-state index in [4.69, 9.17) is 11.6 Å². The van der Waals surface area contributed by atoms with E-state index in [1.54, 1.807) is 6.20 Å². The predicted molar refractivity (Wildman–Crippen MR) is 77.7 cm³/mol. The lowest BCUT2D eigenvalue weighted by Gasteiger charge is -2.10. The van der Waals surface area contributed by atoms with Crippen molar-refractivity contribution in [1.29, 1.82) is 0 Å². The summed E-state index contributed by atoms with van der Waals surface area (Å²) in [7, 11) is 0. The molecule has 1 N–H and O–H groups in total. The lowest BCUT2D eigenvalue weighted by atomic mass is 10.2. The molecule has 0 amide bonds. The van der Waals surface area contributed by atoms with E-state index in [0.717, 1.165) is 43.1 Å². The maximum Gasteiger partial charge on any atom is 0.138 e. The summed E-state index contributed by atoms with van der Waals surface area (Å²) in [4.78, 5) is 8.77. The summed E-state index contributed by atoms with van der Waals surface area (Å²) in [5, 5.41) is 3.98. The van der Waals surface area contributed by atoms with Gasteiger partial charge in [-0.15, -0.1) is 0 Å². The third-order valence-electron chi connectivity index (χ3n) is 2.92. The fourth-order valence-corrected chi connectivity index (χ4v) is 2.12. The zero-order valence-electron chi connectivity index (χ0n) is 11.4. The molecule has 2 aromatic rings. The molecular formula is C14H19ClN4. The average Bonchev–Trinajstić information content (AvgIpc) is 2.87. The van der Waals surface area contributed by atoms with E-state index >= 15 is 0 Å². The second kappa shape index (κ2) is 6.68. The molecule has 0 aliphatic heterocycles. The van der Waals surface area contributed by atoms with Crippen LogP contribution in [-0.4, -0.2) is 21.1 Å². The molecule has 5 heteroatoms. The quantitative estimate of drug-likeness (QED) is 0.883. The molecule has 0 atom stereocenters. The van der Waals surface area contributed by atoms with Crippen LogP contribution in [0.5, 0.6) is 0 Å². The molecule has 2 aromatic heterocycles. The summed E-state index contributed by atoms with van der Waals surface area (Å²) in [6.45, 7) is 5.89. The van der Waals surface area contributed by atoms with Gasteiger partial charge in [0.2, 0.25) is 0 Å². The molecule has 0 aliphatic rings. The first kappa shape index (κ1) is 14.0. The highest BCUT2D eigenvalue weighted by atomic mass is 35.5. The zero-order valence-corrected chi connectivity index (χ0v) is 12.1. The summed E-state index contributed by atoms with van der Waals surface area (Å²) in [6, 6.07) is 2.02. The Kier molecular flexibility index (Phi) is 4.93. The van der Waals surface area contributed by atoms with Crippen LogP contribution in [0.1, 0.15) is 31.7 Å². The van der Waals surface area contributed by atoms with Crippen molar-refractivity contribution >= 4 is 11.6 Å². The van der Waals surface area contributed by atoms with Gasteiger partial charge < -0.3 is 5.32 Å². The van der Waals surface area contributed by atoms with E-state index in [-0.39, 0.29) is 0 Å². The van der Waals surface area contributed by atoms with Gasteiger partial charge >= 0.3 is 0 Å². The normalized spacial score (nSPS) is 10.9. The van der Waals surface area contributed by atoms with Crippen LogP contribution in [0, 0.1) is 0 Å². The number of pyridine rings is 1. The van der Waals surface area contributed by atoms with Gasteiger partial charge in [0.15, 0.2) is 0 Å². The topological polar surface area (TPSA) is 42.7 Å². The summed E-state index contributed by atoms with van der Waals surface area (Å²) < 4.78 is 2.02. The fraction of sp³-hybridized carbons (Fsp3) is 0.429. The van der Waals surface area contributed by atoms with Crippen LogP contribution < -0.4 is 5.32 Å². The number of nitrogens with one attached hydrogen (secondary N) is 1. The van der Waals surface area contributed by atoms with Gasteiger partial charge in [-0.25, -0.2) is 9.97 Å². The molecule has 4 nitrogen and oxygen atoms in total. The Bertz CT molecular complexity index is 536. The van der Waals surface area contributed by atoms with Crippen LogP contribution in [-0.2, 0) is 13.0 Å². The molecule has 0 unspecified atom stereocenters. The Balaban J connectivity index is 2.31. The minimum absolute atomic E-state index is 0.696. The van der Waals surface area contributed by atoms with Crippen LogP contribution in [0.15, 0.2) is 24.7 Å². The number of aryl methyl sites for hydroxylation is 1. The summed E-state index contributed by atoms with van der Waals surface area (Å²) in [6.07, 6.45) is 7.47. The van der Waals surface area contributed by atoms with Crippen molar-refractivity contribution < 1.29 is 0 Å². The van der Waals surface area contributed by atoms with Crippen molar-refractivity contribution in [2.45, 2.75) is 33.2 Å². The van der Waals surface area contributed by atoms with Crippen molar-refractivity contribution in [3.8, 4) is 5.82 Å². The molecule has 0 spiro atoms. The van der Waals surface area contributed by atoms with Crippen molar-refractivity contribution in [2.24, 2.45) is 0 Å². The van der Waals surface area contributed by atoms with Gasteiger partial charge in [-0.3, -0.25) is 4.57 Å². The van der Waals surface area contributed by atoms with Crippen molar-refractivity contribution in [3.63, 3.8) is 0 Å². The van der Waals surface area contributed by atoms with E-state index in [1.165, 1.54) is 0 Å². The molecule has 19 heavy (non-hydrogen) atoms. The molecule has 2 rings (SSSR count). The second-order valence-corrected chi connectivity index (χ2v) is 4.78. The highest BCUT2D eigenvalue weighted by Gasteiger charge is 2.08. The molecule has 0 aliphatic carbocycles. The third kappa shape index (κ3) is 3.33. The summed E-state index contributed by atoms with van der Waals surface area (Å²) in [5.41, 5.74) is 1.06. The van der Waals surface area contributed by atoms with Gasteiger partial charge in [-0.1, -0.05) is 25.4 Å². The predicted octanol–water partition coefficient (Wildman–Crippen LogP) is 2.98. The Morgan fingerprint density at radius 1 is 1.32 bits per heavy atom. The van der Waals surface area contributed by atoms with Crippen LogP contribution >= 0.6 is 11.6 Å². The van der Waals surface area contributed by atoms with Crippen LogP contribution in [0.3, 0.4) is 0 Å². The number of hydrogen-bond donors (Lipinski definition) is 1. The van der Waals surface area contributed by atoms with Gasteiger partial charge in [0.1, 0.15) is 11.6 Å². The van der Waals surface area contributed by atoms with E-state index in [0.29, 0.717) is 5.02 Å². The monoisotopic (exact) mass is 278 g/mol. The van der Waals surface area contributed by atoms with Gasteiger partial charge in [0.25, 0.3) is 0 Å². The van der Waals surface area contributed by atoms with Gasteiger partial charge in [0.05, 0.1) is 5.02 Å². The Labute approximate surface area is 118 Å². The summed E-state index contributed by atoms with van der Waals surface area (Å²) in [5.74, 6) is 1.91. The first-order valence-electron chi connectivity index (χ1n) is 6.64. The number of rotatable bonds is 6. The number of imidazole rings is 1. The summed E-state index contributed by atoms with van der Waals surface area (Å²) >= 11 is 6.17. The number of nitrogens with zero attached hydrogens (tertiary/aromatic N) is 3. The molecule has 2 heterocycles. The van der Waals surface area contributed by atoms with Crippen molar-refractivity contribution in [1.82, 2.24) is 19.9 Å². The van der Waals surface area contributed by atoms with Gasteiger partial charge in [0, 0.05) is 31.6 Å². The molecular weight excluding hydrogens is 260 g/mol. The standard InChI is InChI=1S/C14H19ClN4/c1-3-5-13-17-6-7-19(13)14-8-11(9-16-4-2)12(15)10-18-14/h6-8,10,16H,3-5,9H2,1-2H3. The molecule has 102 valence electrons. The first-order chi connectivity index (χ1) is 9.26. The van der Waals surface area contributed by atoms with E-state index in [2.05, 4.69) is 29.1 Å². The lowest BCUT2D eigenvalue weighted by Crippen LogP contribution is -2.13. The lowest BCUT2D eigenvalue weighted by molar-refractivity contribution is 0.723. The van der Waals surface area contributed by atoms with Gasteiger partial charge in [-0.2, -0.15) is 0 Å². The molecule has 0 bridgehead atoms. The molecule has 0 radical (unpaired) electrons. The minimum Gasteiger partial charge on any atom is -0.313 e. The number of aromatic nitrogens is 3. The smallest absolute Gasteiger partial charge is 0.138 e. The maximum absolute atomic E-state index is 6.17. The van der Waals surface area contributed by atoms with Crippen LogP contribution in [0.25, 0.3) is 5.82 Å². The second-order valence-electron chi connectivity index (χ2n) is 4.38. The maximum atomic E-state index is 6.17. The van der Waals surface area contributed by atoms with Crippen LogP contribution in [0.4, 0.5) is 0 Å². The van der Waals surface area contributed by atoms with Crippen LogP contribution in [0.2, 0.25) is 5.02 Å².